The van der Waals surface area contributed by atoms with E-state index in [4.69, 9.17) is 10.2 Å². The van der Waals surface area contributed by atoms with E-state index in [9.17, 15) is 9.59 Å². The second kappa shape index (κ2) is 8.90. The molecular formula is C4H6Br2O4. The molecule has 0 bridgehead atoms. The lowest BCUT2D eigenvalue weighted by molar-refractivity contribution is -0.134. The van der Waals surface area contributed by atoms with Gasteiger partial charge in [0.05, 0.1) is 0 Å². The summed E-state index contributed by atoms with van der Waals surface area (Å²) >= 11 is 5.43. The minimum absolute atomic E-state index is 0.0347. The molecule has 0 aliphatic carbocycles. The Morgan fingerprint density at radius 3 is 1.10 bits per heavy atom. The molecule has 0 amide bonds. The largest absolute Gasteiger partial charge is 0.481 e. The standard InChI is InChI=1S/2C2H3BrO2/c2*3-1-2(4)5/h2*1H2,(H,4,5). The zero-order valence-electron chi connectivity index (χ0n) is 4.88. The molecule has 0 heterocycles. The molecule has 0 fully saturated rings. The first kappa shape index (κ1) is 12.6. The van der Waals surface area contributed by atoms with Crippen LogP contribution in [0.15, 0.2) is 0 Å². The number of halogens is 2. The van der Waals surface area contributed by atoms with Crippen LogP contribution >= 0.6 is 31.9 Å². The van der Waals surface area contributed by atoms with Gasteiger partial charge in [-0.1, -0.05) is 31.9 Å². The summed E-state index contributed by atoms with van der Waals surface area (Å²) < 4.78 is 0. The molecule has 60 valence electrons. The Kier molecular flexibility index (Phi) is 11.2. The second-order valence-electron chi connectivity index (χ2n) is 1.05. The minimum Gasteiger partial charge on any atom is -0.481 e. The summed E-state index contributed by atoms with van der Waals surface area (Å²) in [6, 6.07) is 0. The highest BCUT2D eigenvalue weighted by Gasteiger charge is 1.83. The minimum atomic E-state index is -0.829. The zero-order valence-corrected chi connectivity index (χ0v) is 8.05. The maximum atomic E-state index is 9.32. The van der Waals surface area contributed by atoms with Crippen molar-refractivity contribution in [3.05, 3.63) is 0 Å². The average molecular weight is 278 g/mol. The Labute approximate surface area is 74.5 Å². The number of alkyl halides is 2. The molecule has 0 unspecified atom stereocenters. The molecule has 2 N–H and O–H groups in total. The van der Waals surface area contributed by atoms with Crippen molar-refractivity contribution in [3.63, 3.8) is 0 Å². The summed E-state index contributed by atoms with van der Waals surface area (Å²) in [5.41, 5.74) is 0. The van der Waals surface area contributed by atoms with Crippen molar-refractivity contribution in [2.75, 3.05) is 10.7 Å². The van der Waals surface area contributed by atoms with E-state index in [-0.39, 0.29) is 10.7 Å². The smallest absolute Gasteiger partial charge is 0.314 e. The van der Waals surface area contributed by atoms with Crippen LogP contribution < -0.4 is 0 Å². The molecule has 0 rings (SSSR count). The Balaban J connectivity index is 0. The number of hydrogen-bond acceptors (Lipinski definition) is 2. The number of hydrogen-bond donors (Lipinski definition) is 2. The van der Waals surface area contributed by atoms with Gasteiger partial charge < -0.3 is 10.2 Å². The van der Waals surface area contributed by atoms with Crippen LogP contribution in [0.25, 0.3) is 0 Å². The van der Waals surface area contributed by atoms with E-state index >= 15 is 0 Å². The van der Waals surface area contributed by atoms with Crippen LogP contribution in [0, 0.1) is 0 Å². The van der Waals surface area contributed by atoms with Crippen molar-refractivity contribution in [1.82, 2.24) is 0 Å². The van der Waals surface area contributed by atoms with Crippen LogP contribution in [0.4, 0.5) is 0 Å². The van der Waals surface area contributed by atoms with Gasteiger partial charge in [0.25, 0.3) is 0 Å². The zero-order chi connectivity index (χ0) is 8.57. The van der Waals surface area contributed by atoms with Crippen LogP contribution in [-0.2, 0) is 9.59 Å². The number of carboxylic acid groups (broad SMARTS) is 2. The molecule has 0 saturated heterocycles. The highest BCUT2D eigenvalue weighted by molar-refractivity contribution is 9.09. The maximum Gasteiger partial charge on any atom is 0.314 e. The Bertz CT molecular complexity index is 99.8. The third-order valence-corrected chi connectivity index (χ3v) is 1.19. The molecule has 0 aromatic heterocycles. The van der Waals surface area contributed by atoms with E-state index in [0.29, 0.717) is 0 Å². The molecule has 0 radical (unpaired) electrons. The number of carbonyl (C=O) groups is 2. The van der Waals surface area contributed by atoms with Gasteiger partial charge in [-0.05, 0) is 0 Å². The van der Waals surface area contributed by atoms with E-state index in [1.54, 1.807) is 0 Å². The van der Waals surface area contributed by atoms with Crippen LogP contribution in [0.5, 0.6) is 0 Å². The first-order chi connectivity index (χ1) is 4.54. The van der Waals surface area contributed by atoms with Crippen molar-refractivity contribution in [3.8, 4) is 0 Å². The maximum absolute atomic E-state index is 9.32. The van der Waals surface area contributed by atoms with Gasteiger partial charge in [-0.25, -0.2) is 0 Å². The van der Waals surface area contributed by atoms with Gasteiger partial charge in [-0.3, -0.25) is 9.59 Å². The second-order valence-corrected chi connectivity index (χ2v) is 2.18. The van der Waals surface area contributed by atoms with Gasteiger partial charge in [0, 0.05) is 0 Å². The predicted octanol–water partition coefficient (Wildman–Crippen LogP) is 0.932. The lowest BCUT2D eigenvalue weighted by Gasteiger charge is -1.70. The van der Waals surface area contributed by atoms with Gasteiger partial charge in [0.1, 0.15) is 10.7 Å². The molecule has 0 aromatic carbocycles. The van der Waals surface area contributed by atoms with Crippen molar-refractivity contribution < 1.29 is 19.8 Å². The van der Waals surface area contributed by atoms with Gasteiger partial charge in [-0.2, -0.15) is 0 Å². The van der Waals surface area contributed by atoms with Crippen LogP contribution in [-0.4, -0.2) is 32.8 Å². The summed E-state index contributed by atoms with van der Waals surface area (Å²) in [6.45, 7) is 0. The summed E-state index contributed by atoms with van der Waals surface area (Å²) in [7, 11) is 0. The predicted molar refractivity (Wildman–Crippen MR) is 42.9 cm³/mol. The topological polar surface area (TPSA) is 74.6 Å². The normalized spacial score (nSPS) is 7.40. The summed E-state index contributed by atoms with van der Waals surface area (Å²) in [5, 5.41) is 15.4. The molecule has 10 heavy (non-hydrogen) atoms. The number of aliphatic carboxylic acids is 2. The fourth-order valence-electron chi connectivity index (χ4n) is 0. The van der Waals surface area contributed by atoms with Gasteiger partial charge in [0.15, 0.2) is 0 Å². The lowest BCUT2D eigenvalue weighted by atomic mass is 10.8. The molecule has 0 saturated carbocycles. The highest BCUT2D eigenvalue weighted by atomic mass is 79.9. The Morgan fingerprint density at radius 1 is 1.00 bits per heavy atom. The third-order valence-electron chi connectivity index (χ3n) is 0.229. The molecule has 6 heteroatoms. The fraction of sp³-hybridized carbons (Fsp3) is 0.500. The highest BCUT2D eigenvalue weighted by Crippen LogP contribution is 1.74. The Morgan fingerprint density at radius 2 is 1.10 bits per heavy atom. The van der Waals surface area contributed by atoms with Crippen LogP contribution in [0.3, 0.4) is 0 Å². The molecule has 4 nitrogen and oxygen atoms in total. The van der Waals surface area contributed by atoms with Crippen molar-refractivity contribution in [1.29, 1.82) is 0 Å². The van der Waals surface area contributed by atoms with Gasteiger partial charge in [0.2, 0.25) is 0 Å². The summed E-state index contributed by atoms with van der Waals surface area (Å²) in [5.74, 6) is -1.66. The van der Waals surface area contributed by atoms with Crippen LogP contribution in [0.2, 0.25) is 0 Å². The van der Waals surface area contributed by atoms with E-state index in [0.717, 1.165) is 0 Å². The lowest BCUT2D eigenvalue weighted by Crippen LogP contribution is -1.92. The molecule has 0 aliphatic rings. The molecular weight excluding hydrogens is 272 g/mol. The van der Waals surface area contributed by atoms with Crippen molar-refractivity contribution in [2.45, 2.75) is 0 Å². The van der Waals surface area contributed by atoms with Crippen molar-refractivity contribution >= 4 is 43.8 Å². The molecule has 0 atom stereocenters. The number of rotatable bonds is 2. The molecule has 0 aliphatic heterocycles. The van der Waals surface area contributed by atoms with E-state index in [2.05, 4.69) is 31.9 Å². The van der Waals surface area contributed by atoms with Crippen LogP contribution in [0.1, 0.15) is 0 Å². The monoisotopic (exact) mass is 276 g/mol. The Hall–Kier alpha value is -0.100. The van der Waals surface area contributed by atoms with E-state index in [1.807, 2.05) is 0 Å². The molecule has 0 spiro atoms. The molecule has 0 aromatic rings. The number of carboxylic acids is 2. The van der Waals surface area contributed by atoms with Crippen molar-refractivity contribution in [2.24, 2.45) is 0 Å². The fourth-order valence-corrected chi connectivity index (χ4v) is 0. The SMILES string of the molecule is O=C(O)CBr.O=C(O)CBr. The van der Waals surface area contributed by atoms with Gasteiger partial charge in [-0.15, -0.1) is 0 Å². The summed E-state index contributed by atoms with van der Waals surface area (Å²) in [6.07, 6.45) is 0. The van der Waals surface area contributed by atoms with E-state index < -0.39 is 11.9 Å². The third kappa shape index (κ3) is 24.7. The average Bonchev–Trinajstić information content (AvgIpc) is 1.89. The van der Waals surface area contributed by atoms with Gasteiger partial charge >= 0.3 is 11.9 Å². The first-order valence-electron chi connectivity index (χ1n) is 2.10. The van der Waals surface area contributed by atoms with E-state index in [1.165, 1.54) is 0 Å². The summed E-state index contributed by atoms with van der Waals surface area (Å²) in [4.78, 5) is 18.6. The first-order valence-corrected chi connectivity index (χ1v) is 4.34. The quantitative estimate of drug-likeness (QED) is 0.737.